The standard InChI is InChI=1S/C27H26N6O3/c1-27(2,3)24-16-25(33(32-24)18-7-10-28-11-8-18)31-26(35)30-17-5-4-6-20(13-17)36-23-9-12-29-22-15-19(34)14-21(22)23/h4-13,16H,14-15H2,1-3H3,(H2,30,31,35). The molecule has 2 N–H and O–H groups in total. The van der Waals surface area contributed by atoms with Crippen molar-refractivity contribution < 1.29 is 14.3 Å². The van der Waals surface area contributed by atoms with E-state index in [1.807, 2.05) is 18.2 Å². The van der Waals surface area contributed by atoms with E-state index >= 15 is 0 Å². The third-order valence-corrected chi connectivity index (χ3v) is 5.79. The highest BCUT2D eigenvalue weighted by Crippen LogP contribution is 2.32. The van der Waals surface area contributed by atoms with Crippen molar-refractivity contribution in [2.24, 2.45) is 0 Å². The van der Waals surface area contributed by atoms with E-state index in [0.717, 1.165) is 22.6 Å². The number of anilines is 2. The molecule has 0 fully saturated rings. The number of amides is 2. The molecule has 0 bridgehead atoms. The van der Waals surface area contributed by atoms with Gasteiger partial charge in [0.25, 0.3) is 0 Å². The van der Waals surface area contributed by atoms with Gasteiger partial charge in [0.05, 0.1) is 17.1 Å². The van der Waals surface area contributed by atoms with Crippen LogP contribution < -0.4 is 15.4 Å². The summed E-state index contributed by atoms with van der Waals surface area (Å²) in [4.78, 5) is 33.1. The number of ether oxygens (including phenoxy) is 1. The zero-order valence-electron chi connectivity index (χ0n) is 20.3. The van der Waals surface area contributed by atoms with E-state index in [-0.39, 0.29) is 11.2 Å². The molecule has 5 rings (SSSR count). The summed E-state index contributed by atoms with van der Waals surface area (Å²) in [5.41, 5.74) is 3.55. The number of ketones is 1. The van der Waals surface area contributed by atoms with Crippen LogP contribution >= 0.6 is 0 Å². The van der Waals surface area contributed by atoms with E-state index in [9.17, 15) is 9.59 Å². The number of nitrogens with one attached hydrogen (secondary N) is 2. The first kappa shape index (κ1) is 23.2. The van der Waals surface area contributed by atoms with Crippen LogP contribution in [-0.4, -0.2) is 31.6 Å². The van der Waals surface area contributed by atoms with Crippen molar-refractivity contribution >= 4 is 23.3 Å². The van der Waals surface area contributed by atoms with Crippen molar-refractivity contribution in [3.63, 3.8) is 0 Å². The molecule has 1 aliphatic rings. The maximum absolute atomic E-state index is 12.9. The average molecular weight is 483 g/mol. The highest BCUT2D eigenvalue weighted by Gasteiger charge is 2.24. The van der Waals surface area contributed by atoms with Crippen molar-refractivity contribution in [2.45, 2.75) is 39.0 Å². The molecular formula is C27H26N6O3. The topological polar surface area (TPSA) is 111 Å². The van der Waals surface area contributed by atoms with Gasteiger partial charge in [0.2, 0.25) is 0 Å². The Balaban J connectivity index is 1.33. The van der Waals surface area contributed by atoms with Gasteiger partial charge in [-0.15, -0.1) is 0 Å². The first-order valence-electron chi connectivity index (χ1n) is 11.6. The van der Waals surface area contributed by atoms with E-state index in [1.54, 1.807) is 53.6 Å². The van der Waals surface area contributed by atoms with Gasteiger partial charge in [-0.2, -0.15) is 5.10 Å². The van der Waals surface area contributed by atoms with Crippen LogP contribution in [0.3, 0.4) is 0 Å². The third-order valence-electron chi connectivity index (χ3n) is 5.79. The van der Waals surface area contributed by atoms with E-state index in [0.29, 0.717) is 35.8 Å². The SMILES string of the molecule is CC(C)(C)c1cc(NC(=O)Nc2cccc(Oc3ccnc4c3CC(=O)C4)c2)n(-c2ccncc2)n1. The maximum Gasteiger partial charge on any atom is 0.324 e. The number of pyridine rings is 2. The number of carbonyl (C=O) groups excluding carboxylic acids is 2. The molecule has 4 aromatic rings. The molecule has 0 saturated heterocycles. The second kappa shape index (κ2) is 9.26. The molecule has 2 amide bonds. The Labute approximate surface area is 208 Å². The first-order chi connectivity index (χ1) is 17.3. The second-order valence-electron chi connectivity index (χ2n) is 9.62. The van der Waals surface area contributed by atoms with E-state index in [4.69, 9.17) is 9.84 Å². The zero-order valence-corrected chi connectivity index (χ0v) is 20.3. The third kappa shape index (κ3) is 4.95. The average Bonchev–Trinajstić information content (AvgIpc) is 3.43. The number of nitrogens with zero attached hydrogens (tertiary/aromatic N) is 4. The van der Waals surface area contributed by atoms with E-state index in [2.05, 4.69) is 41.4 Å². The summed E-state index contributed by atoms with van der Waals surface area (Å²) in [5.74, 6) is 1.80. The van der Waals surface area contributed by atoms with Crippen LogP contribution in [0.5, 0.6) is 11.5 Å². The Bertz CT molecular complexity index is 1440. The minimum absolute atomic E-state index is 0.126. The molecule has 0 atom stereocenters. The maximum atomic E-state index is 12.9. The van der Waals surface area contributed by atoms with Gasteiger partial charge in [0, 0.05) is 60.2 Å². The molecule has 3 aromatic heterocycles. The summed E-state index contributed by atoms with van der Waals surface area (Å²) in [6.45, 7) is 6.20. The number of urea groups is 1. The van der Waals surface area contributed by atoms with E-state index in [1.165, 1.54) is 0 Å². The number of fused-ring (bicyclic) bond motifs is 1. The molecular weight excluding hydrogens is 456 g/mol. The summed E-state index contributed by atoms with van der Waals surface area (Å²) < 4.78 is 7.73. The Morgan fingerprint density at radius 3 is 2.58 bits per heavy atom. The molecule has 9 heteroatoms. The Morgan fingerprint density at radius 2 is 1.81 bits per heavy atom. The van der Waals surface area contributed by atoms with Crippen LogP contribution in [0.25, 0.3) is 5.69 Å². The summed E-state index contributed by atoms with van der Waals surface area (Å²) >= 11 is 0. The van der Waals surface area contributed by atoms with Gasteiger partial charge in [0.15, 0.2) is 0 Å². The lowest BCUT2D eigenvalue weighted by molar-refractivity contribution is -0.117. The number of benzene rings is 1. The summed E-state index contributed by atoms with van der Waals surface area (Å²) in [6, 6.07) is 13.9. The number of aromatic nitrogens is 4. The molecule has 3 heterocycles. The summed E-state index contributed by atoms with van der Waals surface area (Å²) in [7, 11) is 0. The Kier molecular flexibility index (Phi) is 5.97. The normalized spacial score (nSPS) is 12.8. The predicted molar refractivity (Wildman–Crippen MR) is 136 cm³/mol. The number of hydrogen-bond donors (Lipinski definition) is 2. The lowest BCUT2D eigenvalue weighted by Gasteiger charge is -2.14. The van der Waals surface area contributed by atoms with E-state index < -0.39 is 6.03 Å². The van der Waals surface area contributed by atoms with Crippen molar-refractivity contribution in [1.82, 2.24) is 19.7 Å². The number of hydrogen-bond acceptors (Lipinski definition) is 6. The van der Waals surface area contributed by atoms with Gasteiger partial charge in [-0.3, -0.25) is 20.1 Å². The number of Topliss-reactive ketones (excluding diaryl/α,β-unsaturated/α-hetero) is 1. The van der Waals surface area contributed by atoms with Gasteiger partial charge in [-0.25, -0.2) is 9.48 Å². The number of rotatable bonds is 5. The molecule has 1 aliphatic carbocycles. The van der Waals surface area contributed by atoms with Crippen LogP contribution in [-0.2, 0) is 23.1 Å². The molecule has 182 valence electrons. The van der Waals surface area contributed by atoms with Gasteiger partial charge in [0.1, 0.15) is 23.1 Å². The fourth-order valence-electron chi connectivity index (χ4n) is 3.96. The molecule has 36 heavy (non-hydrogen) atoms. The lowest BCUT2D eigenvalue weighted by Crippen LogP contribution is -2.21. The molecule has 9 nitrogen and oxygen atoms in total. The van der Waals surface area contributed by atoms with Crippen molar-refractivity contribution in [3.8, 4) is 17.2 Å². The molecule has 0 unspecified atom stereocenters. The molecule has 0 spiro atoms. The highest BCUT2D eigenvalue weighted by molar-refractivity contribution is 5.99. The largest absolute Gasteiger partial charge is 0.457 e. The van der Waals surface area contributed by atoms with Crippen LogP contribution in [0.1, 0.15) is 37.7 Å². The van der Waals surface area contributed by atoms with Gasteiger partial charge in [-0.1, -0.05) is 26.8 Å². The predicted octanol–water partition coefficient (Wildman–Crippen LogP) is 5.06. The summed E-state index contributed by atoms with van der Waals surface area (Å²) in [6.07, 6.45) is 5.65. The Morgan fingerprint density at radius 1 is 1.00 bits per heavy atom. The van der Waals surface area contributed by atoms with Gasteiger partial charge < -0.3 is 10.1 Å². The van der Waals surface area contributed by atoms with Gasteiger partial charge >= 0.3 is 6.03 Å². The first-order valence-corrected chi connectivity index (χ1v) is 11.6. The van der Waals surface area contributed by atoms with Crippen molar-refractivity contribution in [1.29, 1.82) is 0 Å². The smallest absolute Gasteiger partial charge is 0.324 e. The quantitative estimate of drug-likeness (QED) is 0.411. The fourth-order valence-corrected chi connectivity index (χ4v) is 3.96. The van der Waals surface area contributed by atoms with Crippen LogP contribution in [0.15, 0.2) is 67.1 Å². The molecule has 0 radical (unpaired) electrons. The fraction of sp³-hybridized carbons (Fsp3) is 0.222. The summed E-state index contributed by atoms with van der Waals surface area (Å²) in [5, 5.41) is 10.5. The molecule has 0 aliphatic heterocycles. The highest BCUT2D eigenvalue weighted by atomic mass is 16.5. The zero-order chi connectivity index (χ0) is 25.3. The van der Waals surface area contributed by atoms with Crippen LogP contribution in [0.2, 0.25) is 0 Å². The second-order valence-corrected chi connectivity index (χ2v) is 9.62. The minimum Gasteiger partial charge on any atom is -0.457 e. The lowest BCUT2D eigenvalue weighted by atomic mass is 9.92. The minimum atomic E-state index is -0.418. The van der Waals surface area contributed by atoms with Crippen molar-refractivity contribution in [3.05, 3.63) is 84.1 Å². The van der Waals surface area contributed by atoms with Crippen LogP contribution in [0.4, 0.5) is 16.3 Å². The van der Waals surface area contributed by atoms with Gasteiger partial charge in [-0.05, 0) is 30.3 Å². The van der Waals surface area contributed by atoms with Crippen LogP contribution in [0, 0.1) is 0 Å². The molecule has 1 aromatic carbocycles. The number of carbonyl (C=O) groups is 2. The Hall–Kier alpha value is -4.53. The monoisotopic (exact) mass is 482 g/mol. The molecule has 0 saturated carbocycles. The van der Waals surface area contributed by atoms with Crippen molar-refractivity contribution in [2.75, 3.05) is 10.6 Å².